The summed E-state index contributed by atoms with van der Waals surface area (Å²) in [5.74, 6) is 2.22. The smallest absolute Gasteiger partial charge is 0.235 e. The Morgan fingerprint density at radius 3 is 2.96 bits per heavy atom. The highest BCUT2D eigenvalue weighted by molar-refractivity contribution is 6.23. The first-order valence-electron chi connectivity index (χ1n) is 8.47. The van der Waals surface area contributed by atoms with Gasteiger partial charge in [-0.2, -0.15) is 4.99 Å². The molecule has 2 aliphatic heterocycles. The molecule has 1 aromatic heterocycles. The molecular weight excluding hydrogens is 340 g/mol. The maximum absolute atomic E-state index is 6.46. The van der Waals surface area contributed by atoms with Crippen LogP contribution in [0.25, 0.3) is 11.0 Å². The molecule has 25 heavy (non-hydrogen) atoms. The number of rotatable bonds is 1. The number of nitrogens with zero attached hydrogens (tertiary/aromatic N) is 5. The molecule has 1 aromatic carbocycles. The number of amidine groups is 1. The van der Waals surface area contributed by atoms with E-state index >= 15 is 0 Å². The van der Waals surface area contributed by atoms with Crippen molar-refractivity contribution in [3.05, 3.63) is 24.3 Å². The highest BCUT2D eigenvalue weighted by Crippen LogP contribution is 2.24. The van der Waals surface area contributed by atoms with Crippen LogP contribution in [0.5, 0.6) is 0 Å². The number of nitrogens with one attached hydrogen (secondary N) is 1. The van der Waals surface area contributed by atoms with Crippen molar-refractivity contribution >= 4 is 40.4 Å². The average molecular weight is 361 g/mol. The van der Waals surface area contributed by atoms with Gasteiger partial charge in [0.2, 0.25) is 11.9 Å². The van der Waals surface area contributed by atoms with Crippen molar-refractivity contribution in [3.8, 4) is 0 Å². The van der Waals surface area contributed by atoms with E-state index in [1.54, 1.807) is 0 Å². The van der Waals surface area contributed by atoms with E-state index in [1.807, 2.05) is 35.9 Å². The van der Waals surface area contributed by atoms with Gasteiger partial charge in [-0.05, 0) is 19.1 Å². The van der Waals surface area contributed by atoms with Crippen molar-refractivity contribution in [1.29, 1.82) is 0 Å². The lowest BCUT2D eigenvalue weighted by atomic mass is 10.2. The summed E-state index contributed by atoms with van der Waals surface area (Å²) in [5.41, 5.74) is 1.50. The molecule has 1 fully saturated rings. The fourth-order valence-corrected chi connectivity index (χ4v) is 3.53. The number of fused-ring (bicyclic) bond motifs is 1. The van der Waals surface area contributed by atoms with E-state index in [-0.39, 0.29) is 11.5 Å². The summed E-state index contributed by atoms with van der Waals surface area (Å²) in [6, 6.07) is 8.21. The molecular formula is C17H21ClN6O. The SMILES string of the molecule is CNc1nc2ccccc2n1C1=NC(Cl)CC(N2CCOC[C@H]2C)=N1. The van der Waals surface area contributed by atoms with Crippen molar-refractivity contribution < 1.29 is 4.74 Å². The van der Waals surface area contributed by atoms with E-state index in [4.69, 9.17) is 21.3 Å². The minimum Gasteiger partial charge on any atom is -0.377 e. The zero-order chi connectivity index (χ0) is 17.4. The Kier molecular flexibility index (Phi) is 4.35. The molecule has 7 nitrogen and oxygen atoms in total. The van der Waals surface area contributed by atoms with Gasteiger partial charge in [-0.15, -0.1) is 0 Å². The minimum absolute atomic E-state index is 0.277. The first-order chi connectivity index (χ1) is 12.2. The number of hydrogen-bond acceptors (Lipinski definition) is 6. The van der Waals surface area contributed by atoms with Crippen LogP contribution >= 0.6 is 11.6 Å². The summed E-state index contributed by atoms with van der Waals surface area (Å²) in [5, 5.41) is 3.13. The van der Waals surface area contributed by atoms with Crippen molar-refractivity contribution in [3.63, 3.8) is 0 Å². The van der Waals surface area contributed by atoms with Gasteiger partial charge in [0.1, 0.15) is 11.3 Å². The van der Waals surface area contributed by atoms with E-state index in [0.717, 1.165) is 23.4 Å². The van der Waals surface area contributed by atoms with Crippen molar-refractivity contribution in [1.82, 2.24) is 14.5 Å². The highest BCUT2D eigenvalue weighted by Gasteiger charge is 2.28. The van der Waals surface area contributed by atoms with Crippen LogP contribution in [0.15, 0.2) is 34.3 Å². The van der Waals surface area contributed by atoms with Crippen molar-refractivity contribution in [2.24, 2.45) is 9.98 Å². The lowest BCUT2D eigenvalue weighted by Gasteiger charge is -2.37. The number of aliphatic imine (C=N–C) groups is 2. The van der Waals surface area contributed by atoms with E-state index in [0.29, 0.717) is 31.5 Å². The van der Waals surface area contributed by atoms with E-state index in [9.17, 15) is 0 Å². The average Bonchev–Trinajstić information content (AvgIpc) is 3.00. The third kappa shape index (κ3) is 2.98. The molecule has 0 bridgehead atoms. The molecule has 2 aliphatic rings. The van der Waals surface area contributed by atoms with Crippen LogP contribution < -0.4 is 5.32 Å². The number of para-hydroxylation sites is 2. The minimum atomic E-state index is -0.344. The standard InChI is InChI=1S/C17H21ClN6O/c1-11-10-25-8-7-23(11)15-9-14(18)21-17(22-15)24-13-6-4-3-5-12(13)20-16(24)19-2/h3-6,11,14H,7-10H2,1-2H3,(H,19,20)/t11-,14?/m1/s1. The Morgan fingerprint density at radius 2 is 2.16 bits per heavy atom. The number of ether oxygens (including phenoxy) is 1. The normalized spacial score (nSPS) is 24.2. The largest absolute Gasteiger partial charge is 0.377 e. The van der Waals surface area contributed by atoms with Gasteiger partial charge < -0.3 is 15.0 Å². The lowest BCUT2D eigenvalue weighted by Crippen LogP contribution is -2.48. The third-order valence-corrected chi connectivity index (χ3v) is 4.77. The van der Waals surface area contributed by atoms with Crippen LogP contribution in [0.2, 0.25) is 0 Å². The number of anilines is 1. The van der Waals surface area contributed by atoms with Gasteiger partial charge in [0.25, 0.3) is 0 Å². The predicted octanol–water partition coefficient (Wildman–Crippen LogP) is 2.37. The lowest BCUT2D eigenvalue weighted by molar-refractivity contribution is 0.0322. The van der Waals surface area contributed by atoms with Crippen LogP contribution in [-0.2, 0) is 4.74 Å². The van der Waals surface area contributed by atoms with Gasteiger partial charge >= 0.3 is 0 Å². The zero-order valence-electron chi connectivity index (χ0n) is 14.3. The molecule has 0 amide bonds. The molecule has 0 radical (unpaired) electrons. The maximum Gasteiger partial charge on any atom is 0.235 e. The second-order valence-corrected chi connectivity index (χ2v) is 6.73. The molecule has 2 aromatic rings. The molecule has 0 aliphatic carbocycles. The van der Waals surface area contributed by atoms with Crippen molar-refractivity contribution in [2.45, 2.75) is 24.9 Å². The summed E-state index contributed by atoms with van der Waals surface area (Å²) in [4.78, 5) is 16.3. The van der Waals surface area contributed by atoms with Gasteiger partial charge in [-0.3, -0.25) is 0 Å². The number of morpholine rings is 1. The Balaban J connectivity index is 1.79. The summed E-state index contributed by atoms with van der Waals surface area (Å²) in [6.07, 6.45) is 0.622. The second-order valence-electron chi connectivity index (χ2n) is 6.22. The zero-order valence-corrected chi connectivity index (χ0v) is 15.1. The number of benzene rings is 1. The molecule has 1 saturated heterocycles. The van der Waals surface area contributed by atoms with Crippen LogP contribution in [-0.4, -0.2) is 64.6 Å². The molecule has 4 rings (SSSR count). The van der Waals surface area contributed by atoms with Gasteiger partial charge in [0, 0.05) is 20.0 Å². The summed E-state index contributed by atoms with van der Waals surface area (Å²) >= 11 is 6.46. The summed E-state index contributed by atoms with van der Waals surface area (Å²) in [6.45, 7) is 4.37. The van der Waals surface area contributed by atoms with Gasteiger partial charge in [0.05, 0.1) is 30.3 Å². The van der Waals surface area contributed by atoms with E-state index in [1.165, 1.54) is 0 Å². The maximum atomic E-state index is 6.46. The molecule has 132 valence electrons. The number of aromatic nitrogens is 2. The molecule has 2 atom stereocenters. The van der Waals surface area contributed by atoms with E-state index < -0.39 is 0 Å². The number of alkyl halides is 1. The third-order valence-electron chi connectivity index (χ3n) is 4.52. The first kappa shape index (κ1) is 16.4. The molecule has 1 unspecified atom stereocenters. The highest BCUT2D eigenvalue weighted by atomic mass is 35.5. The molecule has 0 spiro atoms. The monoisotopic (exact) mass is 360 g/mol. The van der Waals surface area contributed by atoms with Crippen molar-refractivity contribution in [2.75, 3.05) is 32.1 Å². The first-order valence-corrected chi connectivity index (χ1v) is 8.90. The van der Waals surface area contributed by atoms with Crippen LogP contribution in [0, 0.1) is 0 Å². The topological polar surface area (TPSA) is 67.0 Å². The number of imidazole rings is 1. The second kappa shape index (κ2) is 6.65. The van der Waals surface area contributed by atoms with Crippen LogP contribution in [0.4, 0.5) is 5.95 Å². The Hall–Kier alpha value is -2.12. The van der Waals surface area contributed by atoms with Gasteiger partial charge in [-0.25, -0.2) is 14.5 Å². The quantitative estimate of drug-likeness (QED) is 0.626. The molecule has 0 saturated carbocycles. The summed E-state index contributed by atoms with van der Waals surface area (Å²) in [7, 11) is 1.84. The fourth-order valence-electron chi connectivity index (χ4n) is 3.31. The Morgan fingerprint density at radius 1 is 1.32 bits per heavy atom. The Bertz CT molecular complexity index is 845. The summed E-state index contributed by atoms with van der Waals surface area (Å²) < 4.78 is 7.46. The fraction of sp³-hybridized carbons (Fsp3) is 0.471. The Labute approximate surface area is 151 Å². The predicted molar refractivity (Wildman–Crippen MR) is 101 cm³/mol. The van der Waals surface area contributed by atoms with Crippen LogP contribution in [0.1, 0.15) is 13.3 Å². The molecule has 8 heteroatoms. The molecule has 1 N–H and O–H groups in total. The number of halogens is 1. The van der Waals surface area contributed by atoms with Gasteiger partial charge in [0.15, 0.2) is 0 Å². The van der Waals surface area contributed by atoms with Gasteiger partial charge in [-0.1, -0.05) is 23.7 Å². The van der Waals surface area contributed by atoms with E-state index in [2.05, 4.69) is 27.1 Å². The van der Waals surface area contributed by atoms with Crippen LogP contribution in [0.3, 0.4) is 0 Å². The number of hydrogen-bond donors (Lipinski definition) is 1. The molecule has 3 heterocycles.